The summed E-state index contributed by atoms with van der Waals surface area (Å²) in [5.74, 6) is -0.886. The molecule has 0 aliphatic rings. The molecule has 0 amide bonds. The van der Waals surface area contributed by atoms with Crippen LogP contribution in [0.25, 0.3) is 0 Å². The van der Waals surface area contributed by atoms with E-state index in [2.05, 4.69) is 81.5 Å². The zero-order chi connectivity index (χ0) is 57.1. The first-order valence-corrected chi connectivity index (χ1v) is 34.8. The predicted octanol–water partition coefficient (Wildman–Crippen LogP) is 23.9. The SMILES string of the molecule is CCCCCC/C=C\C/C=C\CCCCCCCC(=O)OCC(COC(=O)CCCCCCCCCCCCCCCCCCCCCCCCCC)OC(=O)CCCCCCCC/C=C\C/C=C\C/C=C\CCCCCCC. The number of allylic oxidation sites excluding steroid dienone is 10. The van der Waals surface area contributed by atoms with E-state index in [1.807, 2.05) is 0 Å². The van der Waals surface area contributed by atoms with E-state index in [0.717, 1.165) is 103 Å². The molecule has 6 nitrogen and oxygen atoms in total. The molecule has 0 rings (SSSR count). The number of hydrogen-bond donors (Lipinski definition) is 0. The molecule has 0 N–H and O–H groups in total. The fourth-order valence-corrected chi connectivity index (χ4v) is 10.2. The normalized spacial score (nSPS) is 12.4. The Morgan fingerprint density at radius 2 is 0.456 bits per heavy atom. The molecule has 0 aromatic rings. The Morgan fingerprint density at radius 3 is 0.722 bits per heavy atom. The van der Waals surface area contributed by atoms with Gasteiger partial charge >= 0.3 is 17.9 Å². The van der Waals surface area contributed by atoms with Gasteiger partial charge in [0, 0.05) is 19.3 Å². The third-order valence-corrected chi connectivity index (χ3v) is 15.5. The molecule has 0 fully saturated rings. The van der Waals surface area contributed by atoms with E-state index in [1.165, 1.54) is 225 Å². The van der Waals surface area contributed by atoms with E-state index < -0.39 is 6.10 Å². The average Bonchev–Trinajstić information content (AvgIpc) is 3.45. The molecule has 0 bridgehead atoms. The minimum Gasteiger partial charge on any atom is -0.462 e. The van der Waals surface area contributed by atoms with Crippen molar-refractivity contribution >= 4 is 17.9 Å². The minimum absolute atomic E-state index is 0.0809. The maximum atomic E-state index is 12.9. The Labute approximate surface area is 491 Å². The summed E-state index contributed by atoms with van der Waals surface area (Å²) in [5, 5.41) is 0. The van der Waals surface area contributed by atoms with Gasteiger partial charge in [0.1, 0.15) is 13.2 Å². The first kappa shape index (κ1) is 76.1. The summed E-state index contributed by atoms with van der Waals surface area (Å²) in [5.41, 5.74) is 0. The van der Waals surface area contributed by atoms with Gasteiger partial charge in [0.05, 0.1) is 0 Å². The fraction of sp³-hybridized carbons (Fsp3) is 0.822. The van der Waals surface area contributed by atoms with Gasteiger partial charge in [-0.25, -0.2) is 0 Å². The monoisotopic (exact) mass is 1110 g/mol. The van der Waals surface area contributed by atoms with Crippen LogP contribution in [0.2, 0.25) is 0 Å². The number of carbonyl (C=O) groups excluding carboxylic acids is 3. The number of hydrogen-bond acceptors (Lipinski definition) is 6. The van der Waals surface area contributed by atoms with E-state index in [9.17, 15) is 14.4 Å². The summed E-state index contributed by atoms with van der Waals surface area (Å²) in [6.07, 6.45) is 86.7. The minimum atomic E-state index is -0.788. The molecule has 6 heteroatoms. The van der Waals surface area contributed by atoms with Crippen molar-refractivity contribution in [2.75, 3.05) is 13.2 Å². The van der Waals surface area contributed by atoms with Crippen molar-refractivity contribution in [2.24, 2.45) is 0 Å². The van der Waals surface area contributed by atoms with Gasteiger partial charge in [-0.15, -0.1) is 0 Å². The average molecular weight is 1110 g/mol. The van der Waals surface area contributed by atoms with Gasteiger partial charge in [-0.3, -0.25) is 14.4 Å². The highest BCUT2D eigenvalue weighted by molar-refractivity contribution is 5.71. The number of esters is 3. The molecular formula is C73H132O6. The molecule has 460 valence electrons. The summed E-state index contributed by atoms with van der Waals surface area (Å²) in [6.45, 7) is 6.65. The van der Waals surface area contributed by atoms with Crippen LogP contribution in [-0.2, 0) is 28.6 Å². The van der Waals surface area contributed by atoms with Crippen molar-refractivity contribution in [3.8, 4) is 0 Å². The van der Waals surface area contributed by atoms with E-state index >= 15 is 0 Å². The van der Waals surface area contributed by atoms with Crippen LogP contribution in [0.15, 0.2) is 60.8 Å². The Morgan fingerprint density at radius 1 is 0.253 bits per heavy atom. The molecular weight excluding hydrogens is 973 g/mol. The lowest BCUT2D eigenvalue weighted by molar-refractivity contribution is -0.167. The Hall–Kier alpha value is -2.89. The van der Waals surface area contributed by atoms with Crippen LogP contribution in [0.3, 0.4) is 0 Å². The van der Waals surface area contributed by atoms with Crippen molar-refractivity contribution in [2.45, 2.75) is 374 Å². The number of carbonyl (C=O) groups is 3. The van der Waals surface area contributed by atoms with Gasteiger partial charge < -0.3 is 14.2 Å². The predicted molar refractivity (Wildman–Crippen MR) is 344 cm³/mol. The molecule has 0 heterocycles. The van der Waals surface area contributed by atoms with Crippen molar-refractivity contribution in [3.05, 3.63) is 60.8 Å². The third-order valence-electron chi connectivity index (χ3n) is 15.5. The first-order valence-electron chi connectivity index (χ1n) is 34.8. The van der Waals surface area contributed by atoms with E-state index in [1.54, 1.807) is 0 Å². The highest BCUT2D eigenvalue weighted by Gasteiger charge is 2.19. The highest BCUT2D eigenvalue weighted by atomic mass is 16.6. The summed E-state index contributed by atoms with van der Waals surface area (Å²) >= 11 is 0. The topological polar surface area (TPSA) is 78.9 Å². The van der Waals surface area contributed by atoms with Gasteiger partial charge in [-0.2, -0.15) is 0 Å². The van der Waals surface area contributed by atoms with Gasteiger partial charge in [-0.05, 0) is 89.9 Å². The Bertz CT molecular complexity index is 1410. The molecule has 0 aliphatic heterocycles. The van der Waals surface area contributed by atoms with Gasteiger partial charge in [0.15, 0.2) is 6.10 Å². The van der Waals surface area contributed by atoms with Crippen molar-refractivity contribution in [1.82, 2.24) is 0 Å². The van der Waals surface area contributed by atoms with Gasteiger partial charge in [0.2, 0.25) is 0 Å². The third kappa shape index (κ3) is 65.8. The largest absolute Gasteiger partial charge is 0.462 e. The Kier molecular flexibility index (Phi) is 65.1. The molecule has 0 saturated carbocycles. The van der Waals surface area contributed by atoms with E-state index in [0.29, 0.717) is 19.3 Å². The standard InChI is InChI=1S/C73H132O6/c1-4-7-10-13-16-19-22-25-28-31-33-35-36-37-39-40-42-45-48-51-54-57-60-63-66-72(75)78-69-70(68-77-71(74)65-62-59-56-53-50-47-44-30-27-24-21-18-15-12-9-6-3)79-73(76)67-64-61-58-55-52-49-46-43-41-38-34-32-29-26-23-20-17-14-11-8-5-2/h21,23-24,26,30,32,34,41,43-44,70H,4-20,22,25,27-29,31,33,35-40,42,45-69H2,1-3H3/b24-21-,26-23-,34-32-,43-41-,44-30-. The first-order chi connectivity index (χ1) is 39.0. The van der Waals surface area contributed by atoms with Crippen LogP contribution in [0.4, 0.5) is 0 Å². The maximum absolute atomic E-state index is 12.9. The van der Waals surface area contributed by atoms with Crippen molar-refractivity contribution in [1.29, 1.82) is 0 Å². The van der Waals surface area contributed by atoms with Crippen LogP contribution >= 0.6 is 0 Å². The van der Waals surface area contributed by atoms with E-state index in [4.69, 9.17) is 14.2 Å². The smallest absolute Gasteiger partial charge is 0.306 e. The second-order valence-electron chi connectivity index (χ2n) is 23.4. The molecule has 0 spiro atoms. The molecule has 1 atom stereocenters. The molecule has 0 aromatic heterocycles. The number of ether oxygens (including phenoxy) is 3. The van der Waals surface area contributed by atoms with Crippen LogP contribution in [-0.4, -0.2) is 37.2 Å². The molecule has 0 saturated heterocycles. The number of rotatable bonds is 64. The van der Waals surface area contributed by atoms with Crippen LogP contribution in [0.1, 0.15) is 367 Å². The van der Waals surface area contributed by atoms with Crippen LogP contribution in [0, 0.1) is 0 Å². The lowest BCUT2D eigenvalue weighted by Crippen LogP contribution is -2.30. The summed E-state index contributed by atoms with van der Waals surface area (Å²) in [4.78, 5) is 38.4. The second-order valence-corrected chi connectivity index (χ2v) is 23.4. The van der Waals surface area contributed by atoms with Gasteiger partial charge in [-0.1, -0.05) is 319 Å². The summed E-state index contributed by atoms with van der Waals surface area (Å²) in [6, 6.07) is 0. The van der Waals surface area contributed by atoms with Crippen molar-refractivity contribution in [3.63, 3.8) is 0 Å². The zero-order valence-electron chi connectivity index (χ0n) is 52.9. The number of unbranched alkanes of at least 4 members (excludes halogenated alkanes) is 43. The maximum Gasteiger partial charge on any atom is 0.306 e. The molecule has 0 aromatic carbocycles. The zero-order valence-corrected chi connectivity index (χ0v) is 52.9. The second kappa shape index (κ2) is 67.6. The highest BCUT2D eigenvalue weighted by Crippen LogP contribution is 2.18. The Balaban J connectivity index is 4.34. The van der Waals surface area contributed by atoms with Crippen molar-refractivity contribution < 1.29 is 28.6 Å². The fourth-order valence-electron chi connectivity index (χ4n) is 10.2. The summed E-state index contributed by atoms with van der Waals surface area (Å²) < 4.78 is 17.0. The van der Waals surface area contributed by atoms with E-state index in [-0.39, 0.29) is 31.1 Å². The lowest BCUT2D eigenvalue weighted by Gasteiger charge is -2.18. The molecule has 0 radical (unpaired) electrons. The van der Waals surface area contributed by atoms with Crippen LogP contribution < -0.4 is 0 Å². The molecule has 79 heavy (non-hydrogen) atoms. The quantitative estimate of drug-likeness (QED) is 0.0261. The van der Waals surface area contributed by atoms with Gasteiger partial charge in [0.25, 0.3) is 0 Å². The van der Waals surface area contributed by atoms with Crippen LogP contribution in [0.5, 0.6) is 0 Å². The summed E-state index contributed by atoms with van der Waals surface area (Å²) in [7, 11) is 0. The molecule has 0 aliphatic carbocycles. The molecule has 1 unspecified atom stereocenters. The lowest BCUT2D eigenvalue weighted by atomic mass is 10.0.